The molecule has 20 heteroatoms. The Balaban J connectivity index is 2.35. The van der Waals surface area contributed by atoms with Crippen molar-refractivity contribution in [3.05, 3.63) is 23.2 Å². The van der Waals surface area contributed by atoms with Gasteiger partial charge in [0.05, 0.1) is 0 Å². The third-order valence-electron chi connectivity index (χ3n) is 4.46. The van der Waals surface area contributed by atoms with Crippen molar-refractivity contribution in [1.29, 1.82) is 0 Å². The Morgan fingerprint density at radius 3 is 0.824 bits per heavy atom. The molecule has 0 atom stereocenters. The Labute approximate surface area is 173 Å². The van der Waals surface area contributed by atoms with Crippen molar-refractivity contribution in [3.63, 3.8) is 0 Å². The minimum atomic E-state index is -7.05. The van der Waals surface area contributed by atoms with Crippen LogP contribution in [0.1, 0.15) is 0 Å². The molecule has 0 saturated carbocycles. The molecule has 2 rings (SSSR count). The zero-order valence-corrected chi connectivity index (χ0v) is 15.0. The summed E-state index contributed by atoms with van der Waals surface area (Å²) in [5, 5.41) is 0. The molecule has 0 aromatic rings. The van der Waals surface area contributed by atoms with Gasteiger partial charge in [-0.3, -0.25) is 0 Å². The molecule has 0 N–H and O–H groups in total. The summed E-state index contributed by atoms with van der Waals surface area (Å²) in [4.78, 5) is 0. The maximum atomic E-state index is 13.5. The summed E-state index contributed by atoms with van der Waals surface area (Å²) >= 11 is 0. The second-order valence-electron chi connectivity index (χ2n) is 6.58. The van der Waals surface area contributed by atoms with Gasteiger partial charge in [0, 0.05) is 0 Å². The molecule has 0 bridgehead atoms. The first-order valence-corrected chi connectivity index (χ1v) is 7.89. The van der Waals surface area contributed by atoms with Crippen LogP contribution in [0.3, 0.4) is 0 Å². The van der Waals surface area contributed by atoms with Gasteiger partial charge in [0.1, 0.15) is 13.2 Å². The third kappa shape index (κ3) is 3.00. The largest absolute Gasteiger partial charge is 0.485 e. The molecule has 0 radical (unpaired) electrons. The average molecular weight is 546 g/mol. The summed E-state index contributed by atoms with van der Waals surface area (Å²) in [6, 6.07) is 0. The molecule has 34 heavy (non-hydrogen) atoms. The fourth-order valence-corrected chi connectivity index (χ4v) is 2.51. The van der Waals surface area contributed by atoms with Gasteiger partial charge < -0.3 is 9.47 Å². The van der Waals surface area contributed by atoms with E-state index >= 15 is 0 Å². The van der Waals surface area contributed by atoms with Crippen LogP contribution in [0, 0.1) is 0 Å². The average Bonchev–Trinajstić information content (AvgIpc) is 2.66. The van der Waals surface area contributed by atoms with Crippen LogP contribution in [0.4, 0.5) is 79.0 Å². The predicted molar refractivity (Wildman–Crippen MR) is 67.7 cm³/mol. The lowest BCUT2D eigenvalue weighted by Gasteiger charge is -2.41. The fraction of sp³-hybridized carbons (Fsp3) is 0.714. The van der Waals surface area contributed by atoms with Crippen LogP contribution in [0.15, 0.2) is 23.2 Å². The van der Waals surface area contributed by atoms with Gasteiger partial charge in [-0.05, 0) is 0 Å². The molecule has 0 spiro atoms. The highest BCUT2D eigenvalue weighted by molar-refractivity contribution is 5.33. The van der Waals surface area contributed by atoms with E-state index in [1.54, 1.807) is 0 Å². The number of rotatable bonds is 5. The molecule has 0 saturated heterocycles. The molecule has 0 unspecified atom stereocenters. The van der Waals surface area contributed by atoms with E-state index in [9.17, 15) is 79.0 Å². The Kier molecular flexibility index (Phi) is 5.92. The molecule has 0 amide bonds. The van der Waals surface area contributed by atoms with Crippen LogP contribution in [-0.2, 0) is 9.47 Å². The maximum absolute atomic E-state index is 13.5. The predicted octanol–water partition coefficient (Wildman–Crippen LogP) is 6.49. The molecule has 0 heterocycles. The molecule has 198 valence electrons. The van der Waals surface area contributed by atoms with Crippen LogP contribution in [0.5, 0.6) is 0 Å². The summed E-state index contributed by atoms with van der Waals surface area (Å²) in [6.45, 7) is -4.48. The molecule has 0 aromatic carbocycles. The highest BCUT2D eigenvalue weighted by Crippen LogP contribution is 2.63. The SMILES string of the molecule is FC1=C(OCCOC2=C(F)C(F)(F)C(F)(F)C(F)(F)C2(F)F)C(F)(F)C(F)(F)C(F)(F)C1(F)F. The summed E-state index contributed by atoms with van der Waals surface area (Å²) in [5.74, 6) is -69.6. The number of allylic oxidation sites excluding steroid dienone is 4. The minimum absolute atomic E-state index is 2.24. The molecule has 2 nitrogen and oxygen atoms in total. The number of alkyl halides is 16. The van der Waals surface area contributed by atoms with Crippen molar-refractivity contribution >= 4 is 0 Å². The molecular weight excluding hydrogens is 542 g/mol. The molecule has 2 aliphatic rings. The smallest absolute Gasteiger partial charge is 0.386 e. The van der Waals surface area contributed by atoms with E-state index in [1.807, 2.05) is 0 Å². The van der Waals surface area contributed by atoms with Crippen LogP contribution >= 0.6 is 0 Å². The van der Waals surface area contributed by atoms with Gasteiger partial charge in [0.2, 0.25) is 23.2 Å². The fourth-order valence-electron chi connectivity index (χ4n) is 2.51. The van der Waals surface area contributed by atoms with E-state index in [-0.39, 0.29) is 0 Å². The number of halogens is 18. The van der Waals surface area contributed by atoms with E-state index in [1.165, 1.54) is 0 Å². The van der Waals surface area contributed by atoms with Crippen molar-refractivity contribution < 1.29 is 88.5 Å². The van der Waals surface area contributed by atoms with Gasteiger partial charge in [-0.2, -0.15) is 70.2 Å². The lowest BCUT2D eigenvalue weighted by molar-refractivity contribution is -0.372. The molecule has 0 aliphatic heterocycles. The van der Waals surface area contributed by atoms with Gasteiger partial charge in [-0.1, -0.05) is 0 Å². The van der Waals surface area contributed by atoms with Crippen LogP contribution in [0.2, 0.25) is 0 Å². The Morgan fingerprint density at radius 2 is 0.588 bits per heavy atom. The van der Waals surface area contributed by atoms with Gasteiger partial charge in [-0.25, -0.2) is 8.78 Å². The second-order valence-corrected chi connectivity index (χ2v) is 6.58. The molecule has 0 aromatic heterocycles. The Hall–Kier alpha value is -2.18. The second kappa shape index (κ2) is 7.17. The van der Waals surface area contributed by atoms with Gasteiger partial charge >= 0.3 is 47.4 Å². The van der Waals surface area contributed by atoms with Crippen molar-refractivity contribution in [2.75, 3.05) is 13.2 Å². The Bertz CT molecular complexity index is 840. The maximum Gasteiger partial charge on any atom is 0.386 e. The van der Waals surface area contributed by atoms with Crippen molar-refractivity contribution in [1.82, 2.24) is 0 Å². The zero-order valence-electron chi connectivity index (χ0n) is 15.0. The highest BCUT2D eigenvalue weighted by atomic mass is 19.4. The van der Waals surface area contributed by atoms with Crippen molar-refractivity contribution in [2.24, 2.45) is 0 Å². The zero-order chi connectivity index (χ0) is 27.1. The molecule has 2 aliphatic carbocycles. The highest BCUT2D eigenvalue weighted by Gasteiger charge is 2.89. The van der Waals surface area contributed by atoms with Crippen molar-refractivity contribution in [2.45, 2.75) is 47.4 Å². The standard InChI is InChI=1S/C14H4F18O2/c15-3-5(9(21,22)13(29,30)11(25,26)7(3,17)18)33-1-2-34-6-4(16)8(19,20)12(27,28)14(31,32)10(6,23)24/h1-2H2. The van der Waals surface area contributed by atoms with E-state index in [0.29, 0.717) is 0 Å². The number of hydrogen-bond acceptors (Lipinski definition) is 2. The summed E-state index contributed by atoms with van der Waals surface area (Å²) in [6.07, 6.45) is 0. The lowest BCUT2D eigenvalue weighted by atomic mass is 9.89. The van der Waals surface area contributed by atoms with Gasteiger partial charge in [0.25, 0.3) is 0 Å². The molecular formula is C14H4F18O2. The first-order valence-electron chi connectivity index (χ1n) is 7.89. The van der Waals surface area contributed by atoms with Gasteiger partial charge in [-0.15, -0.1) is 0 Å². The third-order valence-corrected chi connectivity index (χ3v) is 4.46. The van der Waals surface area contributed by atoms with Gasteiger partial charge in [0.15, 0.2) is 0 Å². The number of ether oxygens (including phenoxy) is 2. The Morgan fingerprint density at radius 1 is 0.382 bits per heavy atom. The van der Waals surface area contributed by atoms with Crippen LogP contribution in [-0.4, -0.2) is 60.6 Å². The number of hydrogen-bond donors (Lipinski definition) is 0. The summed E-state index contributed by atoms with van der Waals surface area (Å²) < 4.78 is 245. The van der Waals surface area contributed by atoms with E-state index in [4.69, 9.17) is 0 Å². The van der Waals surface area contributed by atoms with E-state index in [2.05, 4.69) is 9.47 Å². The van der Waals surface area contributed by atoms with Crippen LogP contribution < -0.4 is 0 Å². The lowest BCUT2D eigenvalue weighted by Crippen LogP contribution is -2.67. The quantitative estimate of drug-likeness (QED) is 0.290. The van der Waals surface area contributed by atoms with Crippen molar-refractivity contribution in [3.8, 4) is 0 Å². The molecule has 0 fully saturated rings. The minimum Gasteiger partial charge on any atom is -0.485 e. The first kappa shape index (κ1) is 28.1. The van der Waals surface area contributed by atoms with Crippen LogP contribution in [0.25, 0.3) is 0 Å². The van der Waals surface area contributed by atoms with E-state index < -0.39 is 83.8 Å². The monoisotopic (exact) mass is 546 g/mol. The summed E-state index contributed by atoms with van der Waals surface area (Å²) in [5.41, 5.74) is 0. The normalized spacial score (nSPS) is 29.6. The topological polar surface area (TPSA) is 18.5 Å². The van der Waals surface area contributed by atoms with E-state index in [0.717, 1.165) is 0 Å². The first-order chi connectivity index (χ1) is 14.8. The summed E-state index contributed by atoms with van der Waals surface area (Å²) in [7, 11) is 0.